The molecule has 9 heteroatoms. The lowest BCUT2D eigenvalue weighted by Crippen LogP contribution is -2.13. The summed E-state index contributed by atoms with van der Waals surface area (Å²) >= 11 is 0. The summed E-state index contributed by atoms with van der Waals surface area (Å²) in [6.07, 6.45) is -4.41. The highest BCUT2D eigenvalue weighted by Gasteiger charge is 2.30. The second-order valence-electron chi connectivity index (χ2n) is 8.14. The van der Waals surface area contributed by atoms with E-state index in [1.165, 1.54) is 6.07 Å². The summed E-state index contributed by atoms with van der Waals surface area (Å²) in [5.41, 5.74) is 1.78. The van der Waals surface area contributed by atoms with Crippen molar-refractivity contribution in [3.63, 3.8) is 0 Å². The van der Waals surface area contributed by atoms with Crippen LogP contribution in [0.2, 0.25) is 0 Å². The zero-order chi connectivity index (χ0) is 25.7. The fourth-order valence-electron chi connectivity index (χ4n) is 3.53. The second-order valence-corrected chi connectivity index (χ2v) is 8.14. The highest BCUT2D eigenvalue weighted by molar-refractivity contribution is 6.03. The zero-order valence-electron chi connectivity index (χ0n) is 19.7. The average Bonchev–Trinajstić information content (AvgIpc) is 3.21. The number of aromatic nitrogens is 2. The first-order valence-electron chi connectivity index (χ1n) is 11.1. The Bertz CT molecular complexity index is 1330. The molecule has 1 aromatic heterocycles. The predicted octanol–water partition coefficient (Wildman–Crippen LogP) is 6.10. The molecule has 0 spiro atoms. The molecule has 0 aliphatic rings. The van der Waals surface area contributed by atoms with Crippen LogP contribution in [0, 0.1) is 6.92 Å². The first-order valence-corrected chi connectivity index (χ1v) is 11.1. The van der Waals surface area contributed by atoms with Crippen LogP contribution in [0.15, 0.2) is 78.9 Å². The largest absolute Gasteiger partial charge is 0.497 e. The minimum atomic E-state index is -4.41. The van der Waals surface area contributed by atoms with Crippen LogP contribution >= 0.6 is 0 Å². The van der Waals surface area contributed by atoms with Crippen molar-refractivity contribution < 1.29 is 27.4 Å². The summed E-state index contributed by atoms with van der Waals surface area (Å²) in [6, 6.07) is 21.0. The van der Waals surface area contributed by atoms with Crippen molar-refractivity contribution in [1.29, 1.82) is 0 Å². The number of aryl methyl sites for hydroxylation is 1. The van der Waals surface area contributed by atoms with Crippen LogP contribution in [0.1, 0.15) is 32.7 Å². The first-order chi connectivity index (χ1) is 17.2. The van der Waals surface area contributed by atoms with Crippen molar-refractivity contribution in [1.82, 2.24) is 9.78 Å². The number of nitrogens with one attached hydrogen (secondary N) is 1. The van der Waals surface area contributed by atoms with Gasteiger partial charge in [-0.1, -0.05) is 24.3 Å². The van der Waals surface area contributed by atoms with E-state index in [1.54, 1.807) is 55.1 Å². The minimum Gasteiger partial charge on any atom is -0.497 e. The van der Waals surface area contributed by atoms with E-state index in [0.29, 0.717) is 35.0 Å². The number of ether oxygens (including phenoxy) is 2. The number of carbonyl (C=O) groups is 1. The van der Waals surface area contributed by atoms with Crippen molar-refractivity contribution in [3.8, 4) is 11.5 Å². The Hall–Kier alpha value is -4.27. The monoisotopic (exact) mass is 495 g/mol. The number of alkyl halides is 3. The Labute approximate surface area is 206 Å². The van der Waals surface area contributed by atoms with Gasteiger partial charge in [0.1, 0.15) is 18.1 Å². The van der Waals surface area contributed by atoms with Gasteiger partial charge in [-0.3, -0.25) is 9.48 Å². The SMILES string of the molecule is COc1ccc(OCc2ccc(C(=O)Nc3cc(C)n(Cc4cccc(C(F)(F)F)c4)n3)cc2)cc1. The standard InChI is InChI=1S/C27H24F3N3O3/c1-18-14-25(32-33(18)16-20-4-3-5-22(15-20)27(28,29)30)31-26(34)21-8-6-19(7-9-21)17-36-24-12-10-23(35-2)11-13-24/h3-15H,16-17H2,1-2H3,(H,31,32,34). The molecule has 1 heterocycles. The van der Waals surface area contributed by atoms with Gasteiger partial charge >= 0.3 is 6.18 Å². The third kappa shape index (κ3) is 6.24. The van der Waals surface area contributed by atoms with Gasteiger partial charge < -0.3 is 14.8 Å². The number of nitrogens with zero attached hydrogens (tertiary/aromatic N) is 2. The van der Waals surface area contributed by atoms with Crippen LogP contribution in [0.25, 0.3) is 0 Å². The Morgan fingerprint density at radius 1 is 0.944 bits per heavy atom. The molecule has 3 aromatic carbocycles. The number of halogens is 3. The summed E-state index contributed by atoms with van der Waals surface area (Å²) in [5.74, 6) is 1.42. The maximum Gasteiger partial charge on any atom is 0.416 e. The van der Waals surface area contributed by atoms with E-state index >= 15 is 0 Å². The molecule has 0 aliphatic carbocycles. The molecule has 0 aliphatic heterocycles. The first kappa shape index (κ1) is 24.8. The number of anilines is 1. The van der Waals surface area contributed by atoms with Crippen LogP contribution in [-0.2, 0) is 19.3 Å². The molecule has 36 heavy (non-hydrogen) atoms. The van der Waals surface area contributed by atoms with E-state index in [4.69, 9.17) is 9.47 Å². The summed E-state index contributed by atoms with van der Waals surface area (Å²) in [7, 11) is 1.60. The number of benzene rings is 3. The van der Waals surface area contributed by atoms with E-state index in [0.717, 1.165) is 23.4 Å². The lowest BCUT2D eigenvalue weighted by molar-refractivity contribution is -0.137. The Morgan fingerprint density at radius 3 is 2.31 bits per heavy atom. The third-order valence-corrected chi connectivity index (χ3v) is 5.49. The van der Waals surface area contributed by atoms with Gasteiger partial charge in [0.15, 0.2) is 5.82 Å². The molecule has 0 fully saturated rings. The zero-order valence-corrected chi connectivity index (χ0v) is 19.7. The number of hydrogen-bond donors (Lipinski definition) is 1. The molecular formula is C27H24F3N3O3. The summed E-state index contributed by atoms with van der Waals surface area (Å²) in [6.45, 7) is 2.26. The van der Waals surface area contributed by atoms with Gasteiger partial charge in [-0.25, -0.2) is 0 Å². The molecule has 0 saturated carbocycles. The molecule has 186 valence electrons. The lowest BCUT2D eigenvalue weighted by atomic mass is 10.1. The molecule has 1 N–H and O–H groups in total. The average molecular weight is 496 g/mol. The van der Waals surface area contributed by atoms with Gasteiger partial charge in [0.05, 0.1) is 19.2 Å². The van der Waals surface area contributed by atoms with Crippen LogP contribution < -0.4 is 14.8 Å². The number of methoxy groups -OCH3 is 1. The Morgan fingerprint density at radius 2 is 1.64 bits per heavy atom. The fraction of sp³-hybridized carbons (Fsp3) is 0.185. The van der Waals surface area contributed by atoms with Crippen molar-refractivity contribution in [2.75, 3.05) is 12.4 Å². The van der Waals surface area contributed by atoms with Crippen molar-refractivity contribution in [2.45, 2.75) is 26.3 Å². The summed E-state index contributed by atoms with van der Waals surface area (Å²) < 4.78 is 51.4. The molecule has 0 bridgehead atoms. The Balaban J connectivity index is 1.35. The molecule has 0 unspecified atom stereocenters. The fourth-order valence-corrected chi connectivity index (χ4v) is 3.53. The third-order valence-electron chi connectivity index (χ3n) is 5.49. The molecule has 0 radical (unpaired) electrons. The van der Waals surface area contributed by atoms with E-state index in [1.807, 2.05) is 24.3 Å². The van der Waals surface area contributed by atoms with Crippen molar-refractivity contribution in [2.24, 2.45) is 0 Å². The normalized spacial score (nSPS) is 11.2. The molecule has 1 amide bonds. The molecule has 0 atom stereocenters. The molecule has 6 nitrogen and oxygen atoms in total. The van der Waals surface area contributed by atoms with Crippen molar-refractivity contribution in [3.05, 3.63) is 107 Å². The highest BCUT2D eigenvalue weighted by atomic mass is 19.4. The molecular weight excluding hydrogens is 471 g/mol. The number of amides is 1. The van der Waals surface area contributed by atoms with E-state index in [2.05, 4.69) is 10.4 Å². The highest BCUT2D eigenvalue weighted by Crippen LogP contribution is 2.29. The predicted molar refractivity (Wildman–Crippen MR) is 129 cm³/mol. The van der Waals surface area contributed by atoms with Crippen LogP contribution in [0.5, 0.6) is 11.5 Å². The van der Waals surface area contributed by atoms with Crippen molar-refractivity contribution >= 4 is 11.7 Å². The van der Waals surface area contributed by atoms with Gasteiger partial charge in [0.25, 0.3) is 5.91 Å². The lowest BCUT2D eigenvalue weighted by Gasteiger charge is -2.09. The van der Waals surface area contributed by atoms with Gasteiger partial charge in [-0.05, 0) is 66.6 Å². The molecule has 4 aromatic rings. The van der Waals surface area contributed by atoms with Gasteiger partial charge in [-0.15, -0.1) is 0 Å². The summed E-state index contributed by atoms with van der Waals surface area (Å²) in [4.78, 5) is 12.7. The smallest absolute Gasteiger partial charge is 0.416 e. The van der Waals surface area contributed by atoms with Gasteiger partial charge in [0.2, 0.25) is 0 Å². The molecule has 0 saturated heterocycles. The maximum atomic E-state index is 13.0. The van der Waals surface area contributed by atoms with E-state index in [9.17, 15) is 18.0 Å². The van der Waals surface area contributed by atoms with E-state index < -0.39 is 11.7 Å². The molecule has 4 rings (SSSR count). The quantitative estimate of drug-likeness (QED) is 0.321. The van der Waals surface area contributed by atoms with Crippen LogP contribution in [0.4, 0.5) is 19.0 Å². The summed E-state index contributed by atoms with van der Waals surface area (Å²) in [5, 5.41) is 7.06. The van der Waals surface area contributed by atoms with Crippen LogP contribution in [-0.4, -0.2) is 22.8 Å². The number of rotatable bonds is 8. The second kappa shape index (κ2) is 10.6. The van der Waals surface area contributed by atoms with Gasteiger partial charge in [0, 0.05) is 17.3 Å². The topological polar surface area (TPSA) is 65.4 Å². The van der Waals surface area contributed by atoms with Crippen LogP contribution in [0.3, 0.4) is 0 Å². The minimum absolute atomic E-state index is 0.147. The number of carbonyl (C=O) groups excluding carboxylic acids is 1. The maximum absolute atomic E-state index is 13.0. The number of hydrogen-bond acceptors (Lipinski definition) is 4. The Kier molecular flexibility index (Phi) is 7.28. The van der Waals surface area contributed by atoms with Gasteiger partial charge in [-0.2, -0.15) is 18.3 Å². The van der Waals surface area contributed by atoms with E-state index in [-0.39, 0.29) is 12.5 Å².